The van der Waals surface area contributed by atoms with E-state index in [0.29, 0.717) is 32.1 Å². The molecular weight excluding hydrogens is 759 g/mol. The number of ether oxygens (including phenoxy) is 2. The van der Waals surface area contributed by atoms with Crippen molar-refractivity contribution in [1.82, 2.24) is 0 Å². The molecular formula is C46H75O11P. The lowest BCUT2D eigenvalue weighted by atomic mass is 10.1. The van der Waals surface area contributed by atoms with Gasteiger partial charge in [0, 0.05) is 12.8 Å². The topological polar surface area (TPSA) is 169 Å². The molecule has 11 nitrogen and oxygen atoms in total. The molecule has 0 aromatic carbocycles. The standard InChI is InChI=1S/C46H75O11P/c1-3-5-7-9-11-12-13-14-15-16-17-18-19-20-24-28-32-36-45(50)54-40-44(41-56-58(52,53)55-39-43(49)38-47)57-46(51)37-33-29-25-21-23-27-31-35-42(48)34-30-26-22-10-8-6-4-2/h5,7,11-12,14-15,17-18,21-22,25-27,30-31,34,42-44,47-49H,3-4,6,8-10,13,16,19-20,23-24,28-29,32-33,35-41H2,1-2H3,(H,52,53)/b7-5-,12-11-,15-14-,18-17-,25-21+,26-22-,31-27-,34-30-/t42-,43-,44+/m0/s1. The van der Waals surface area contributed by atoms with Crippen LogP contribution in [0.2, 0.25) is 0 Å². The van der Waals surface area contributed by atoms with E-state index in [0.717, 1.165) is 57.8 Å². The smallest absolute Gasteiger partial charge is 0.462 e. The molecule has 330 valence electrons. The molecule has 0 spiro atoms. The third kappa shape index (κ3) is 39.7. The fraction of sp³-hybridized carbons (Fsp3) is 0.609. The molecule has 0 amide bonds. The number of aliphatic hydroxyl groups is 3. The molecule has 0 aliphatic rings. The van der Waals surface area contributed by atoms with Crippen molar-refractivity contribution in [3.8, 4) is 0 Å². The lowest BCUT2D eigenvalue weighted by molar-refractivity contribution is -0.161. The van der Waals surface area contributed by atoms with Crippen LogP contribution in [0.3, 0.4) is 0 Å². The maximum Gasteiger partial charge on any atom is 0.472 e. The summed E-state index contributed by atoms with van der Waals surface area (Å²) in [6, 6.07) is 0. The molecule has 0 bridgehead atoms. The van der Waals surface area contributed by atoms with E-state index in [1.807, 2.05) is 36.5 Å². The normalized spacial score (nSPS) is 15.3. The molecule has 58 heavy (non-hydrogen) atoms. The number of hydrogen-bond acceptors (Lipinski definition) is 10. The van der Waals surface area contributed by atoms with Crippen LogP contribution in [-0.4, -0.2) is 76.9 Å². The van der Waals surface area contributed by atoms with E-state index >= 15 is 0 Å². The van der Waals surface area contributed by atoms with Crippen LogP contribution in [0.25, 0.3) is 0 Å². The van der Waals surface area contributed by atoms with E-state index < -0.39 is 57.9 Å². The number of allylic oxidation sites excluding steroid dienone is 14. The van der Waals surface area contributed by atoms with Gasteiger partial charge in [-0.2, -0.15) is 0 Å². The summed E-state index contributed by atoms with van der Waals surface area (Å²) in [6.45, 7) is 2.02. The van der Waals surface area contributed by atoms with Gasteiger partial charge in [0.05, 0.1) is 25.9 Å². The van der Waals surface area contributed by atoms with Crippen molar-refractivity contribution in [3.63, 3.8) is 0 Å². The van der Waals surface area contributed by atoms with Crippen molar-refractivity contribution in [2.24, 2.45) is 0 Å². The molecule has 0 aromatic rings. The Bertz CT molecular complexity index is 1300. The van der Waals surface area contributed by atoms with Gasteiger partial charge in [-0.1, -0.05) is 137 Å². The number of hydrogen-bond donors (Lipinski definition) is 4. The Morgan fingerprint density at radius 3 is 1.81 bits per heavy atom. The third-order valence-corrected chi connectivity index (χ3v) is 9.25. The highest BCUT2D eigenvalue weighted by Gasteiger charge is 2.27. The van der Waals surface area contributed by atoms with E-state index in [1.165, 1.54) is 19.3 Å². The summed E-state index contributed by atoms with van der Waals surface area (Å²) in [5.41, 5.74) is 0. The van der Waals surface area contributed by atoms with Gasteiger partial charge >= 0.3 is 19.8 Å². The van der Waals surface area contributed by atoms with Gasteiger partial charge in [0.2, 0.25) is 0 Å². The van der Waals surface area contributed by atoms with Crippen LogP contribution in [0.4, 0.5) is 0 Å². The highest BCUT2D eigenvalue weighted by atomic mass is 31.2. The van der Waals surface area contributed by atoms with E-state index in [2.05, 4.69) is 73.1 Å². The third-order valence-electron chi connectivity index (χ3n) is 8.30. The van der Waals surface area contributed by atoms with Crippen molar-refractivity contribution >= 4 is 19.8 Å². The Morgan fingerprint density at radius 1 is 0.603 bits per heavy atom. The predicted octanol–water partition coefficient (Wildman–Crippen LogP) is 10.2. The Kier molecular flexibility index (Phi) is 38.4. The van der Waals surface area contributed by atoms with E-state index in [-0.39, 0.29) is 19.4 Å². The van der Waals surface area contributed by atoms with Crippen LogP contribution >= 0.6 is 7.82 Å². The molecule has 4 N–H and O–H groups in total. The Hall–Kier alpha value is -3.15. The van der Waals surface area contributed by atoms with Crippen LogP contribution in [0.15, 0.2) is 97.2 Å². The van der Waals surface area contributed by atoms with E-state index in [9.17, 15) is 29.3 Å². The summed E-state index contributed by atoms with van der Waals surface area (Å²) in [4.78, 5) is 35.0. The van der Waals surface area contributed by atoms with E-state index in [1.54, 1.807) is 6.08 Å². The average Bonchev–Trinajstić information content (AvgIpc) is 3.21. The molecule has 0 fully saturated rings. The van der Waals surface area contributed by atoms with Crippen LogP contribution in [-0.2, 0) is 32.7 Å². The first-order valence-electron chi connectivity index (χ1n) is 21.3. The van der Waals surface area contributed by atoms with Gasteiger partial charge in [-0.15, -0.1) is 0 Å². The van der Waals surface area contributed by atoms with Gasteiger partial charge in [-0.3, -0.25) is 18.6 Å². The van der Waals surface area contributed by atoms with Gasteiger partial charge in [0.25, 0.3) is 0 Å². The highest BCUT2D eigenvalue weighted by molar-refractivity contribution is 7.47. The summed E-state index contributed by atoms with van der Waals surface area (Å²) in [7, 11) is -4.66. The number of aliphatic hydroxyl groups excluding tert-OH is 3. The molecule has 0 saturated heterocycles. The molecule has 0 radical (unpaired) electrons. The molecule has 0 saturated carbocycles. The molecule has 0 aromatic heterocycles. The number of unbranched alkanes of at least 4 members (excludes halogenated alkanes) is 8. The SMILES string of the molecule is CC/C=C\C/C=C\C/C=C\C/C=C\CCCCCCC(=O)OC[C@H](COP(=O)(O)OC[C@@H](O)CO)OC(=O)CCC/C=C/C/C=C\C[C@@H](O)/C=C\C=C/CCCCC. The van der Waals surface area contributed by atoms with Gasteiger partial charge in [0.15, 0.2) is 6.10 Å². The molecule has 0 rings (SSSR count). The Labute approximate surface area is 349 Å². The second-order valence-electron chi connectivity index (χ2n) is 13.8. The summed E-state index contributed by atoms with van der Waals surface area (Å²) in [5.74, 6) is -1.07. The first-order valence-corrected chi connectivity index (χ1v) is 22.8. The summed E-state index contributed by atoms with van der Waals surface area (Å²) in [6.07, 6.45) is 45.4. The Morgan fingerprint density at radius 2 is 1.16 bits per heavy atom. The highest BCUT2D eigenvalue weighted by Crippen LogP contribution is 2.43. The monoisotopic (exact) mass is 835 g/mol. The van der Waals surface area contributed by atoms with E-state index in [4.69, 9.17) is 19.1 Å². The largest absolute Gasteiger partial charge is 0.472 e. The van der Waals surface area contributed by atoms with Crippen LogP contribution < -0.4 is 0 Å². The lowest BCUT2D eigenvalue weighted by Gasteiger charge is -2.20. The van der Waals surface area contributed by atoms with Crippen molar-refractivity contribution in [2.45, 2.75) is 154 Å². The molecule has 1 unspecified atom stereocenters. The number of carbonyl (C=O) groups is 2. The van der Waals surface area contributed by atoms with Crippen LogP contribution in [0.5, 0.6) is 0 Å². The zero-order valence-corrected chi connectivity index (χ0v) is 36.2. The quantitative estimate of drug-likeness (QED) is 0.0154. The summed E-state index contributed by atoms with van der Waals surface area (Å²) < 4.78 is 32.6. The van der Waals surface area contributed by atoms with Crippen LogP contribution in [0, 0.1) is 0 Å². The number of rotatable bonds is 38. The zero-order chi connectivity index (χ0) is 42.8. The Balaban J connectivity index is 4.53. The van der Waals surface area contributed by atoms with Gasteiger partial charge < -0.3 is 29.7 Å². The number of esters is 2. The molecule has 0 aliphatic carbocycles. The van der Waals surface area contributed by atoms with Crippen LogP contribution in [0.1, 0.15) is 136 Å². The fourth-order valence-corrected chi connectivity index (χ4v) is 5.79. The minimum Gasteiger partial charge on any atom is -0.462 e. The first-order chi connectivity index (χ1) is 28.1. The minimum absolute atomic E-state index is 0.0626. The average molecular weight is 835 g/mol. The lowest BCUT2D eigenvalue weighted by Crippen LogP contribution is -2.29. The van der Waals surface area contributed by atoms with Gasteiger partial charge in [-0.25, -0.2) is 4.57 Å². The predicted molar refractivity (Wildman–Crippen MR) is 234 cm³/mol. The fourth-order valence-electron chi connectivity index (χ4n) is 5.00. The van der Waals surface area contributed by atoms with Crippen molar-refractivity contribution in [1.29, 1.82) is 0 Å². The summed E-state index contributed by atoms with van der Waals surface area (Å²) in [5, 5.41) is 28.4. The number of carbonyl (C=O) groups excluding carboxylic acids is 2. The van der Waals surface area contributed by atoms with Gasteiger partial charge in [0.1, 0.15) is 12.7 Å². The number of phosphoric ester groups is 1. The zero-order valence-electron chi connectivity index (χ0n) is 35.3. The molecule has 0 heterocycles. The van der Waals surface area contributed by atoms with Crippen molar-refractivity contribution in [3.05, 3.63) is 97.2 Å². The maximum absolute atomic E-state index is 12.6. The molecule has 12 heteroatoms. The second kappa shape index (κ2) is 40.6. The molecule has 4 atom stereocenters. The van der Waals surface area contributed by atoms with Crippen molar-refractivity contribution in [2.75, 3.05) is 26.4 Å². The van der Waals surface area contributed by atoms with Crippen molar-refractivity contribution < 1.29 is 52.9 Å². The minimum atomic E-state index is -4.66. The number of phosphoric acid groups is 1. The first kappa shape index (κ1) is 54.9. The van der Waals surface area contributed by atoms with Gasteiger partial charge in [-0.05, 0) is 83.5 Å². The molecule has 0 aliphatic heterocycles. The summed E-state index contributed by atoms with van der Waals surface area (Å²) >= 11 is 0. The second-order valence-corrected chi connectivity index (χ2v) is 15.3. The maximum atomic E-state index is 12.6.